The van der Waals surface area contributed by atoms with Gasteiger partial charge in [-0.3, -0.25) is 4.90 Å². The van der Waals surface area contributed by atoms with Gasteiger partial charge in [-0.1, -0.05) is 0 Å². The van der Waals surface area contributed by atoms with E-state index in [1.807, 2.05) is 0 Å². The monoisotopic (exact) mass is 541 g/mol. The molecule has 13 heteroatoms. The lowest BCUT2D eigenvalue weighted by Crippen LogP contribution is -2.55. The zero-order valence-electron chi connectivity index (χ0n) is 23.0. The van der Waals surface area contributed by atoms with E-state index in [-0.39, 0.29) is 30.0 Å². The van der Waals surface area contributed by atoms with Crippen LogP contribution in [0.15, 0.2) is 29.2 Å². The van der Waals surface area contributed by atoms with Crippen LogP contribution >= 0.6 is 0 Å². The molecule has 1 aromatic carbocycles. The van der Waals surface area contributed by atoms with E-state index in [1.54, 1.807) is 32.0 Å². The van der Waals surface area contributed by atoms with Gasteiger partial charge in [0.15, 0.2) is 11.6 Å². The lowest BCUT2D eigenvalue weighted by Gasteiger charge is -2.47. The van der Waals surface area contributed by atoms with E-state index in [9.17, 15) is 14.3 Å². The highest BCUT2D eigenvalue weighted by atomic mass is 19.1. The number of hydrogen-bond donors (Lipinski definition) is 3. The summed E-state index contributed by atoms with van der Waals surface area (Å²) >= 11 is 0. The molecule has 39 heavy (non-hydrogen) atoms. The topological polar surface area (TPSA) is 135 Å². The quantitative estimate of drug-likeness (QED) is 0.391. The van der Waals surface area contributed by atoms with Crippen LogP contribution in [0.3, 0.4) is 0 Å². The number of nitrogens with zero attached hydrogens (tertiary/aromatic N) is 7. The number of hydrogen-bond acceptors (Lipinski definition) is 10. The van der Waals surface area contributed by atoms with Crippen LogP contribution in [0.4, 0.5) is 21.8 Å². The molecule has 4 heterocycles. The molecule has 2 aromatic heterocycles. The number of benzene rings is 1. The van der Waals surface area contributed by atoms with Crippen molar-refractivity contribution in [2.75, 3.05) is 23.8 Å². The highest BCUT2D eigenvalue weighted by Gasteiger charge is 2.43. The van der Waals surface area contributed by atoms with Gasteiger partial charge in [0.05, 0.1) is 12.8 Å². The number of halogens is 1. The van der Waals surface area contributed by atoms with Gasteiger partial charge in [0.1, 0.15) is 17.0 Å². The Morgan fingerprint density at radius 2 is 2.08 bits per heavy atom. The van der Waals surface area contributed by atoms with Crippen LogP contribution in [0, 0.1) is 5.82 Å². The first-order chi connectivity index (χ1) is 18.5. The summed E-state index contributed by atoms with van der Waals surface area (Å²) in [6.45, 7) is 8.82. The van der Waals surface area contributed by atoms with E-state index >= 15 is 0 Å². The first kappa shape index (κ1) is 27.0. The maximum atomic E-state index is 14.8. The average Bonchev–Trinajstić information content (AvgIpc) is 3.49. The van der Waals surface area contributed by atoms with E-state index in [2.05, 4.69) is 49.8 Å². The largest absolute Gasteiger partial charge is 0.483 e. The lowest BCUT2D eigenvalue weighted by molar-refractivity contribution is 0.0411. The molecule has 0 spiro atoms. The summed E-state index contributed by atoms with van der Waals surface area (Å²) < 4.78 is 22.9. The van der Waals surface area contributed by atoms with Gasteiger partial charge in [-0.25, -0.2) is 14.2 Å². The number of nitrogens with one attached hydrogen (secondary N) is 2. The van der Waals surface area contributed by atoms with Crippen LogP contribution in [0.5, 0.6) is 5.75 Å². The number of piperidine rings is 1. The molecule has 2 aliphatic heterocycles. The van der Waals surface area contributed by atoms with Crippen molar-refractivity contribution < 1.29 is 14.2 Å². The molecule has 0 aliphatic carbocycles. The van der Waals surface area contributed by atoms with Crippen molar-refractivity contribution in [3.05, 3.63) is 40.7 Å². The molecular formula is C26H36FN9O3. The molecule has 12 nitrogen and oxygen atoms in total. The van der Waals surface area contributed by atoms with Crippen LogP contribution < -0.4 is 21.1 Å². The van der Waals surface area contributed by atoms with Crippen LogP contribution in [0.2, 0.25) is 0 Å². The average molecular weight is 542 g/mol. The number of ether oxygens (including phenoxy) is 1. The Hall–Kier alpha value is -3.58. The maximum Gasteiger partial charge on any atom is 0.368 e. The normalized spacial score (nSPS) is 21.0. The second kappa shape index (κ2) is 10.2. The van der Waals surface area contributed by atoms with Crippen molar-refractivity contribution in [1.82, 2.24) is 34.7 Å². The van der Waals surface area contributed by atoms with Crippen molar-refractivity contribution >= 4 is 17.5 Å². The molecule has 2 aliphatic rings. The summed E-state index contributed by atoms with van der Waals surface area (Å²) in [4.78, 5) is 23.7. The second-order valence-electron chi connectivity index (χ2n) is 11.6. The van der Waals surface area contributed by atoms with E-state index in [4.69, 9.17) is 4.74 Å². The van der Waals surface area contributed by atoms with Gasteiger partial charge < -0.3 is 20.5 Å². The third-order valence-corrected chi connectivity index (χ3v) is 7.47. The Morgan fingerprint density at radius 1 is 1.28 bits per heavy atom. The predicted octanol–water partition coefficient (Wildman–Crippen LogP) is 2.61. The van der Waals surface area contributed by atoms with E-state index in [1.165, 1.54) is 13.5 Å². The predicted molar refractivity (Wildman–Crippen MR) is 144 cm³/mol. The van der Waals surface area contributed by atoms with E-state index in [0.29, 0.717) is 23.2 Å². The van der Waals surface area contributed by atoms with Gasteiger partial charge in [0.25, 0.3) is 0 Å². The molecule has 0 unspecified atom stereocenters. The Kier molecular flexibility index (Phi) is 7.06. The molecule has 5 rings (SSSR count). The fourth-order valence-corrected chi connectivity index (χ4v) is 5.61. The fourth-order valence-electron chi connectivity index (χ4n) is 5.61. The molecule has 0 radical (unpaired) electrons. The smallest absolute Gasteiger partial charge is 0.368 e. The van der Waals surface area contributed by atoms with Gasteiger partial charge in [-0.2, -0.15) is 14.3 Å². The number of rotatable bonds is 8. The fraction of sp³-hybridized carbons (Fsp3) is 0.577. The molecule has 2 saturated heterocycles. The number of tetrazole rings is 1. The summed E-state index contributed by atoms with van der Waals surface area (Å²) in [5, 5.41) is 23.8. The Labute approximate surface area is 226 Å². The minimum Gasteiger partial charge on any atom is -0.483 e. The molecule has 0 amide bonds. The molecule has 3 aromatic rings. The number of anilines is 3. The van der Waals surface area contributed by atoms with Crippen molar-refractivity contribution in [2.45, 2.75) is 76.6 Å². The molecule has 3 N–H and O–H groups in total. The van der Waals surface area contributed by atoms with Gasteiger partial charge >= 0.3 is 5.69 Å². The summed E-state index contributed by atoms with van der Waals surface area (Å²) in [5.74, 6) is 0.146. The van der Waals surface area contributed by atoms with Crippen molar-refractivity contribution in [2.24, 2.45) is 7.05 Å². The van der Waals surface area contributed by atoms with Crippen molar-refractivity contribution in [3.8, 4) is 11.4 Å². The van der Waals surface area contributed by atoms with Gasteiger partial charge in [-0.15, -0.1) is 0 Å². The molecule has 0 bridgehead atoms. The lowest BCUT2D eigenvalue weighted by atomic mass is 9.84. The standard InChI is InChI=1S/C26H36FN9O3/c1-25(2)13-17(11-18-7-6-10-35(18)25)29-22-19(27)14-28-23(31-22)30-16-8-9-21(39-26(3,4)15-37)20(12-16)36-24(38)34(5)32-33-36/h8-9,12,14,17-18,37H,6-7,10-11,13,15H2,1-5H3,(H2,28,29,30,31)/t17-,18+/m1/s1. The number of aromatic nitrogens is 6. The van der Waals surface area contributed by atoms with Gasteiger partial charge in [0, 0.05) is 30.4 Å². The molecule has 0 saturated carbocycles. The minimum absolute atomic E-state index is 0.0326. The van der Waals surface area contributed by atoms with Crippen molar-refractivity contribution in [1.29, 1.82) is 0 Å². The Bertz CT molecular complexity index is 1400. The number of aliphatic hydroxyl groups excluding tert-OH is 1. The highest BCUT2D eigenvalue weighted by Crippen LogP contribution is 2.38. The van der Waals surface area contributed by atoms with Gasteiger partial charge in [0.2, 0.25) is 5.95 Å². The summed E-state index contributed by atoms with van der Waals surface area (Å²) in [6.07, 6.45) is 5.33. The summed E-state index contributed by atoms with van der Waals surface area (Å²) in [5.41, 5.74) is -0.510. The van der Waals surface area contributed by atoms with Crippen LogP contribution in [0.1, 0.15) is 53.4 Å². The third-order valence-electron chi connectivity index (χ3n) is 7.47. The zero-order valence-corrected chi connectivity index (χ0v) is 23.0. The summed E-state index contributed by atoms with van der Waals surface area (Å²) in [7, 11) is 1.49. The first-order valence-electron chi connectivity index (χ1n) is 13.2. The Balaban J connectivity index is 1.40. The maximum absolute atomic E-state index is 14.8. The SMILES string of the molecule is Cn1nnn(-c2cc(Nc3ncc(F)c(N[C@@H]4C[C@@H]5CCCN5C(C)(C)C4)n3)ccc2OC(C)(C)CO)c1=O. The zero-order chi connectivity index (χ0) is 27.9. The van der Waals surface area contributed by atoms with Crippen LogP contribution in [0.25, 0.3) is 5.69 Å². The molecule has 2 fully saturated rings. The third kappa shape index (κ3) is 5.59. The van der Waals surface area contributed by atoms with Crippen LogP contribution in [-0.2, 0) is 7.05 Å². The Morgan fingerprint density at radius 3 is 2.79 bits per heavy atom. The minimum atomic E-state index is -0.903. The molecule has 210 valence electrons. The number of fused-ring (bicyclic) bond motifs is 1. The number of aliphatic hydroxyl groups is 1. The highest BCUT2D eigenvalue weighted by molar-refractivity contribution is 5.62. The van der Waals surface area contributed by atoms with Gasteiger partial charge in [-0.05, 0) is 88.5 Å². The second-order valence-corrected chi connectivity index (χ2v) is 11.6. The molecule has 2 atom stereocenters. The van der Waals surface area contributed by atoms with E-state index < -0.39 is 17.1 Å². The first-order valence-corrected chi connectivity index (χ1v) is 13.2. The van der Waals surface area contributed by atoms with Crippen molar-refractivity contribution in [3.63, 3.8) is 0 Å². The molecular weight excluding hydrogens is 505 g/mol. The summed E-state index contributed by atoms with van der Waals surface area (Å²) in [6, 6.07) is 5.59. The van der Waals surface area contributed by atoms with Crippen LogP contribution in [-0.4, -0.2) is 76.1 Å². The number of aryl methyl sites for hydroxylation is 1. The van der Waals surface area contributed by atoms with E-state index in [0.717, 1.165) is 41.4 Å².